The number of carbonyl (C=O) groups is 1. The number of anilines is 1. The minimum absolute atomic E-state index is 0.299. The Hall–Kier alpha value is -3.28. The molecule has 0 aromatic heterocycles. The van der Waals surface area contributed by atoms with Crippen LogP contribution in [0.2, 0.25) is 0 Å². The summed E-state index contributed by atoms with van der Waals surface area (Å²) in [6.07, 6.45) is 3.00. The van der Waals surface area contributed by atoms with Crippen molar-refractivity contribution in [2.45, 2.75) is 13.5 Å². The van der Waals surface area contributed by atoms with Crippen LogP contribution in [0.5, 0.6) is 11.5 Å². The zero-order valence-electron chi connectivity index (χ0n) is 15.8. The molecule has 0 heterocycles. The fourth-order valence-electron chi connectivity index (χ4n) is 2.28. The zero-order valence-corrected chi connectivity index (χ0v) is 15.8. The fourth-order valence-corrected chi connectivity index (χ4v) is 2.28. The molecule has 27 heavy (non-hydrogen) atoms. The van der Waals surface area contributed by atoms with Gasteiger partial charge in [0, 0.05) is 31.2 Å². The first-order valence-electron chi connectivity index (χ1n) is 8.58. The Morgan fingerprint density at radius 3 is 2.59 bits per heavy atom. The fraction of sp³-hybridized carbons (Fsp3) is 0.238. The quantitative estimate of drug-likeness (QED) is 0.414. The van der Waals surface area contributed by atoms with E-state index >= 15 is 0 Å². The Morgan fingerprint density at radius 2 is 1.93 bits per heavy atom. The lowest BCUT2D eigenvalue weighted by Crippen LogP contribution is -2.10. The Bertz CT molecular complexity index is 801. The van der Waals surface area contributed by atoms with Crippen molar-refractivity contribution in [3.63, 3.8) is 0 Å². The van der Waals surface area contributed by atoms with Crippen molar-refractivity contribution in [1.29, 1.82) is 0 Å². The van der Waals surface area contributed by atoms with E-state index in [0.717, 1.165) is 11.3 Å². The Balaban J connectivity index is 2.15. The number of hydrogen-bond donors (Lipinski definition) is 1. The van der Waals surface area contributed by atoms with E-state index in [0.29, 0.717) is 30.3 Å². The Morgan fingerprint density at radius 1 is 1.15 bits per heavy atom. The maximum atomic E-state index is 11.9. The average molecular weight is 368 g/mol. The molecule has 0 saturated carbocycles. The molecule has 6 heteroatoms. The van der Waals surface area contributed by atoms with Crippen molar-refractivity contribution in [1.82, 2.24) is 0 Å². The summed E-state index contributed by atoms with van der Waals surface area (Å²) in [6.45, 7) is 2.48. The first kappa shape index (κ1) is 20.0. The average Bonchev–Trinajstić information content (AvgIpc) is 2.70. The van der Waals surface area contributed by atoms with E-state index in [1.54, 1.807) is 33.3 Å². The van der Waals surface area contributed by atoms with Crippen molar-refractivity contribution in [3.05, 3.63) is 65.9 Å². The molecule has 0 aliphatic carbocycles. The van der Waals surface area contributed by atoms with Crippen molar-refractivity contribution in [2.24, 2.45) is 4.99 Å². The number of ether oxygens (including phenoxy) is 3. The summed E-state index contributed by atoms with van der Waals surface area (Å²) in [6, 6.07) is 15.3. The third-order valence-electron chi connectivity index (χ3n) is 3.57. The van der Waals surface area contributed by atoms with Crippen LogP contribution >= 0.6 is 0 Å². The van der Waals surface area contributed by atoms with Gasteiger partial charge in [-0.1, -0.05) is 30.3 Å². The molecule has 0 atom stereocenters. The topological polar surface area (TPSA) is 69.2 Å². The number of carbonyl (C=O) groups excluding carboxylic acids is 1. The molecular formula is C21H24N2O4. The highest BCUT2D eigenvalue weighted by atomic mass is 16.5. The Labute approximate surface area is 159 Å². The molecule has 0 fully saturated rings. The van der Waals surface area contributed by atoms with Gasteiger partial charge < -0.3 is 19.5 Å². The molecule has 0 radical (unpaired) electrons. The van der Waals surface area contributed by atoms with E-state index in [1.165, 1.54) is 6.21 Å². The van der Waals surface area contributed by atoms with Gasteiger partial charge in [0.05, 0.1) is 19.3 Å². The van der Waals surface area contributed by atoms with Crippen molar-refractivity contribution >= 4 is 17.9 Å². The van der Waals surface area contributed by atoms with E-state index in [-0.39, 0.29) is 0 Å². The molecule has 142 valence electrons. The van der Waals surface area contributed by atoms with Crippen LogP contribution in [-0.2, 0) is 16.1 Å². The molecule has 2 aromatic carbocycles. The van der Waals surface area contributed by atoms with Crippen LogP contribution in [0, 0.1) is 0 Å². The predicted octanol–water partition coefficient (Wildman–Crippen LogP) is 3.83. The van der Waals surface area contributed by atoms with Crippen molar-refractivity contribution in [3.8, 4) is 11.5 Å². The van der Waals surface area contributed by atoms with E-state index < -0.39 is 5.97 Å². The molecule has 0 bridgehead atoms. The molecule has 0 saturated heterocycles. The number of rotatable bonds is 9. The minimum Gasteiger partial charge on any atom is -0.493 e. The predicted molar refractivity (Wildman–Crippen MR) is 107 cm³/mol. The maximum Gasteiger partial charge on any atom is 0.341 e. The smallest absolute Gasteiger partial charge is 0.341 e. The van der Waals surface area contributed by atoms with Crippen LogP contribution in [0.4, 0.5) is 5.69 Å². The van der Waals surface area contributed by atoms with E-state index in [1.807, 2.05) is 42.5 Å². The highest BCUT2D eigenvalue weighted by Gasteiger charge is 2.09. The summed E-state index contributed by atoms with van der Waals surface area (Å²) in [4.78, 5) is 15.8. The molecule has 6 nitrogen and oxygen atoms in total. The minimum atomic E-state index is -0.440. The molecule has 0 aliphatic rings. The lowest BCUT2D eigenvalue weighted by molar-refractivity contribution is -0.137. The lowest BCUT2D eigenvalue weighted by atomic mass is 10.2. The van der Waals surface area contributed by atoms with Gasteiger partial charge in [-0.05, 0) is 24.6 Å². The van der Waals surface area contributed by atoms with Gasteiger partial charge in [0.1, 0.15) is 6.61 Å². The summed E-state index contributed by atoms with van der Waals surface area (Å²) < 4.78 is 16.3. The summed E-state index contributed by atoms with van der Waals surface area (Å²) in [5, 5.41) is 3.07. The van der Waals surface area contributed by atoms with Gasteiger partial charge in [-0.2, -0.15) is 0 Å². The van der Waals surface area contributed by atoms with Gasteiger partial charge in [-0.25, -0.2) is 4.79 Å². The normalized spacial score (nSPS) is 11.3. The van der Waals surface area contributed by atoms with E-state index in [2.05, 4.69) is 10.3 Å². The van der Waals surface area contributed by atoms with Gasteiger partial charge in [-0.15, -0.1) is 0 Å². The molecule has 0 amide bonds. The second-order valence-electron chi connectivity index (χ2n) is 5.49. The molecule has 0 aliphatic heterocycles. The monoisotopic (exact) mass is 368 g/mol. The summed E-state index contributed by atoms with van der Waals surface area (Å²) in [5.41, 5.74) is 2.12. The number of nitrogens with one attached hydrogen (secondary N) is 1. The number of hydrogen-bond acceptors (Lipinski definition) is 6. The molecule has 2 aromatic rings. The van der Waals surface area contributed by atoms with Gasteiger partial charge in [-0.3, -0.25) is 4.99 Å². The van der Waals surface area contributed by atoms with Crippen LogP contribution < -0.4 is 14.8 Å². The van der Waals surface area contributed by atoms with Crippen molar-refractivity contribution in [2.75, 3.05) is 26.1 Å². The number of aliphatic imine (C=N–C) groups is 1. The number of nitrogens with zero attached hydrogens (tertiary/aromatic N) is 1. The third kappa shape index (κ3) is 6.18. The van der Waals surface area contributed by atoms with Crippen LogP contribution in [0.15, 0.2) is 65.3 Å². The van der Waals surface area contributed by atoms with Crippen LogP contribution in [-0.4, -0.2) is 32.9 Å². The first-order chi connectivity index (χ1) is 13.2. The maximum absolute atomic E-state index is 11.9. The number of esters is 1. The molecule has 2 rings (SSSR count). The van der Waals surface area contributed by atoms with Crippen LogP contribution in [0.1, 0.15) is 12.5 Å². The molecule has 0 unspecified atom stereocenters. The summed E-state index contributed by atoms with van der Waals surface area (Å²) in [7, 11) is 3.18. The van der Waals surface area contributed by atoms with Gasteiger partial charge in [0.15, 0.2) is 11.5 Å². The second kappa shape index (κ2) is 10.7. The summed E-state index contributed by atoms with van der Waals surface area (Å²) in [5.74, 6) is 0.785. The molecule has 0 spiro atoms. The first-order valence-corrected chi connectivity index (χ1v) is 8.58. The SMILES string of the molecule is CCOC(=O)/C(C=NC)=C/Nc1ccc(OC)c(OCc2ccccc2)c1. The largest absolute Gasteiger partial charge is 0.493 e. The van der Waals surface area contributed by atoms with Gasteiger partial charge in [0.25, 0.3) is 0 Å². The van der Waals surface area contributed by atoms with Crippen LogP contribution in [0.3, 0.4) is 0 Å². The standard InChI is InChI=1S/C21H24N2O4/c1-4-26-21(24)17(13-22-2)14-23-18-10-11-19(25-3)20(12-18)27-15-16-8-6-5-7-9-16/h5-14,23H,4,15H2,1-3H3/b17-14+,22-13?. The number of benzene rings is 2. The second-order valence-corrected chi connectivity index (χ2v) is 5.49. The van der Waals surface area contributed by atoms with Gasteiger partial charge in [0.2, 0.25) is 0 Å². The summed E-state index contributed by atoms with van der Waals surface area (Å²) >= 11 is 0. The zero-order chi connectivity index (χ0) is 19.5. The van der Waals surface area contributed by atoms with E-state index in [4.69, 9.17) is 14.2 Å². The highest BCUT2D eigenvalue weighted by molar-refractivity contribution is 6.09. The van der Waals surface area contributed by atoms with E-state index in [9.17, 15) is 4.79 Å². The van der Waals surface area contributed by atoms with Gasteiger partial charge >= 0.3 is 5.97 Å². The van der Waals surface area contributed by atoms with Crippen LogP contribution in [0.25, 0.3) is 0 Å². The molecule has 1 N–H and O–H groups in total. The van der Waals surface area contributed by atoms with Crippen molar-refractivity contribution < 1.29 is 19.0 Å². The number of methoxy groups -OCH3 is 1. The molecular weight excluding hydrogens is 344 g/mol. The highest BCUT2D eigenvalue weighted by Crippen LogP contribution is 2.31. The third-order valence-corrected chi connectivity index (χ3v) is 3.57. The lowest BCUT2D eigenvalue weighted by Gasteiger charge is -2.13. The Kier molecular flexibility index (Phi) is 7.91.